The summed E-state index contributed by atoms with van der Waals surface area (Å²) < 4.78 is 10.3. The molecule has 0 radical (unpaired) electrons. The highest BCUT2D eigenvalue weighted by Crippen LogP contribution is 2.06. The molecule has 0 aromatic carbocycles. The molecule has 19 heavy (non-hydrogen) atoms. The SMILES string of the molecule is CCCOCCNC(=O)C(C)NC(=O)OC(C)(C)C. The van der Waals surface area contributed by atoms with Gasteiger partial charge in [-0.25, -0.2) is 4.79 Å². The van der Waals surface area contributed by atoms with Crippen molar-refractivity contribution in [1.82, 2.24) is 10.6 Å². The van der Waals surface area contributed by atoms with Crippen LogP contribution in [0.15, 0.2) is 0 Å². The fraction of sp³-hybridized carbons (Fsp3) is 0.846. The van der Waals surface area contributed by atoms with Crippen LogP contribution in [-0.2, 0) is 14.3 Å². The summed E-state index contributed by atoms with van der Waals surface area (Å²) in [6.07, 6.45) is 0.349. The molecule has 0 aromatic rings. The largest absolute Gasteiger partial charge is 0.444 e. The van der Waals surface area contributed by atoms with Crippen molar-refractivity contribution in [2.45, 2.75) is 52.7 Å². The molecule has 0 aliphatic rings. The molecule has 112 valence electrons. The molecule has 0 rings (SSSR count). The van der Waals surface area contributed by atoms with Crippen LogP contribution in [0.4, 0.5) is 4.79 Å². The maximum Gasteiger partial charge on any atom is 0.408 e. The topological polar surface area (TPSA) is 76.7 Å². The molecule has 0 fully saturated rings. The molecule has 6 heteroatoms. The summed E-state index contributed by atoms with van der Waals surface area (Å²) in [5.74, 6) is -0.258. The second-order valence-corrected chi connectivity index (χ2v) is 5.27. The summed E-state index contributed by atoms with van der Waals surface area (Å²) in [6.45, 7) is 10.5. The first-order chi connectivity index (χ1) is 8.76. The minimum atomic E-state index is -0.638. The predicted octanol–water partition coefficient (Wildman–Crippen LogP) is 1.44. The molecule has 1 unspecified atom stereocenters. The van der Waals surface area contributed by atoms with E-state index in [1.54, 1.807) is 27.7 Å². The molecular formula is C13H26N2O4. The average molecular weight is 274 g/mol. The van der Waals surface area contributed by atoms with Crippen LogP contribution in [0.5, 0.6) is 0 Å². The first-order valence-corrected chi connectivity index (χ1v) is 6.61. The van der Waals surface area contributed by atoms with Gasteiger partial charge in [0.15, 0.2) is 0 Å². The number of alkyl carbamates (subject to hydrolysis) is 1. The van der Waals surface area contributed by atoms with Crippen molar-refractivity contribution < 1.29 is 19.1 Å². The molecule has 0 aliphatic heterocycles. The minimum absolute atomic E-state index is 0.258. The van der Waals surface area contributed by atoms with Crippen LogP contribution < -0.4 is 10.6 Å². The highest BCUT2D eigenvalue weighted by atomic mass is 16.6. The number of hydrogen-bond donors (Lipinski definition) is 2. The molecular weight excluding hydrogens is 248 g/mol. The van der Waals surface area contributed by atoms with Gasteiger partial charge in [-0.1, -0.05) is 6.92 Å². The Hall–Kier alpha value is -1.30. The van der Waals surface area contributed by atoms with Gasteiger partial charge in [0, 0.05) is 13.2 Å². The zero-order chi connectivity index (χ0) is 14.9. The molecule has 0 heterocycles. The first kappa shape index (κ1) is 17.7. The van der Waals surface area contributed by atoms with Crippen LogP contribution in [0.2, 0.25) is 0 Å². The van der Waals surface area contributed by atoms with E-state index in [4.69, 9.17) is 9.47 Å². The smallest absolute Gasteiger partial charge is 0.408 e. The number of amides is 2. The maximum atomic E-state index is 11.6. The van der Waals surface area contributed by atoms with Crippen LogP contribution in [0.25, 0.3) is 0 Å². The van der Waals surface area contributed by atoms with Crippen LogP contribution in [0.1, 0.15) is 41.0 Å². The number of carbonyl (C=O) groups is 2. The second-order valence-electron chi connectivity index (χ2n) is 5.27. The fourth-order valence-electron chi connectivity index (χ4n) is 1.20. The van der Waals surface area contributed by atoms with Crippen molar-refractivity contribution in [3.8, 4) is 0 Å². The lowest BCUT2D eigenvalue weighted by Crippen LogP contribution is -2.47. The van der Waals surface area contributed by atoms with Crippen LogP contribution in [-0.4, -0.2) is 43.4 Å². The van der Waals surface area contributed by atoms with Gasteiger partial charge in [-0.05, 0) is 34.1 Å². The minimum Gasteiger partial charge on any atom is -0.444 e. The van der Waals surface area contributed by atoms with Gasteiger partial charge in [0.05, 0.1) is 6.61 Å². The summed E-state index contributed by atoms with van der Waals surface area (Å²) in [4.78, 5) is 23.1. The lowest BCUT2D eigenvalue weighted by Gasteiger charge is -2.21. The van der Waals surface area contributed by atoms with Crippen molar-refractivity contribution in [3.63, 3.8) is 0 Å². The third-order valence-corrected chi connectivity index (χ3v) is 2.02. The van der Waals surface area contributed by atoms with Crippen LogP contribution in [0.3, 0.4) is 0 Å². The van der Waals surface area contributed by atoms with E-state index in [1.165, 1.54) is 0 Å². The van der Waals surface area contributed by atoms with E-state index in [9.17, 15) is 9.59 Å². The van der Waals surface area contributed by atoms with Crippen molar-refractivity contribution in [2.75, 3.05) is 19.8 Å². The first-order valence-electron chi connectivity index (χ1n) is 6.61. The van der Waals surface area contributed by atoms with Gasteiger partial charge in [0.1, 0.15) is 11.6 Å². The summed E-state index contributed by atoms with van der Waals surface area (Å²) in [7, 11) is 0. The van der Waals surface area contributed by atoms with E-state index in [0.717, 1.165) is 6.42 Å². The zero-order valence-corrected chi connectivity index (χ0v) is 12.5. The van der Waals surface area contributed by atoms with Gasteiger partial charge in [-0.15, -0.1) is 0 Å². The summed E-state index contributed by atoms with van der Waals surface area (Å²) in [5.41, 5.74) is -0.575. The molecule has 0 bridgehead atoms. The van der Waals surface area contributed by atoms with Gasteiger partial charge in [-0.2, -0.15) is 0 Å². The molecule has 6 nitrogen and oxygen atoms in total. The Labute approximate surface area is 115 Å². The maximum absolute atomic E-state index is 11.6. The molecule has 0 saturated carbocycles. The monoisotopic (exact) mass is 274 g/mol. The summed E-state index contributed by atoms with van der Waals surface area (Å²) in [5, 5.41) is 5.15. The van der Waals surface area contributed by atoms with E-state index in [1.807, 2.05) is 6.92 Å². The van der Waals surface area contributed by atoms with E-state index in [-0.39, 0.29) is 5.91 Å². The Kier molecular flexibility index (Phi) is 8.14. The number of hydrogen-bond acceptors (Lipinski definition) is 4. The van der Waals surface area contributed by atoms with Gasteiger partial charge < -0.3 is 20.1 Å². The predicted molar refractivity (Wildman–Crippen MR) is 73.0 cm³/mol. The number of rotatable bonds is 7. The van der Waals surface area contributed by atoms with Gasteiger partial charge in [-0.3, -0.25) is 4.79 Å². The molecule has 0 saturated heterocycles. The Bertz CT molecular complexity index is 287. The zero-order valence-electron chi connectivity index (χ0n) is 12.5. The molecule has 2 amide bonds. The Balaban J connectivity index is 3.84. The third-order valence-electron chi connectivity index (χ3n) is 2.02. The van der Waals surface area contributed by atoms with Crippen LogP contribution >= 0.6 is 0 Å². The normalized spacial score (nSPS) is 12.7. The van der Waals surface area contributed by atoms with Crippen molar-refractivity contribution in [3.05, 3.63) is 0 Å². The molecule has 1 atom stereocenters. The van der Waals surface area contributed by atoms with Crippen molar-refractivity contribution in [2.24, 2.45) is 0 Å². The fourth-order valence-corrected chi connectivity index (χ4v) is 1.20. The van der Waals surface area contributed by atoms with Gasteiger partial charge in [0.25, 0.3) is 0 Å². The molecule has 0 spiro atoms. The van der Waals surface area contributed by atoms with Crippen LogP contribution in [0, 0.1) is 0 Å². The number of carbonyl (C=O) groups excluding carboxylic acids is 2. The quantitative estimate of drug-likeness (QED) is 0.689. The lowest BCUT2D eigenvalue weighted by molar-refractivity contribution is -0.123. The Morgan fingerprint density at radius 1 is 1.21 bits per heavy atom. The molecule has 0 aliphatic carbocycles. The highest BCUT2D eigenvalue weighted by molar-refractivity contribution is 5.85. The number of ether oxygens (including phenoxy) is 2. The van der Waals surface area contributed by atoms with E-state index in [2.05, 4.69) is 10.6 Å². The van der Waals surface area contributed by atoms with Gasteiger partial charge >= 0.3 is 6.09 Å². The van der Waals surface area contributed by atoms with Crippen molar-refractivity contribution >= 4 is 12.0 Å². The third kappa shape index (κ3) is 10.3. The highest BCUT2D eigenvalue weighted by Gasteiger charge is 2.20. The van der Waals surface area contributed by atoms with E-state index >= 15 is 0 Å². The number of nitrogens with one attached hydrogen (secondary N) is 2. The average Bonchev–Trinajstić information content (AvgIpc) is 2.25. The van der Waals surface area contributed by atoms with Gasteiger partial charge in [0.2, 0.25) is 5.91 Å². The summed E-state index contributed by atoms with van der Waals surface area (Å²) >= 11 is 0. The van der Waals surface area contributed by atoms with Crippen molar-refractivity contribution in [1.29, 1.82) is 0 Å². The summed E-state index contributed by atoms with van der Waals surface area (Å²) in [6, 6.07) is -0.638. The molecule has 2 N–H and O–H groups in total. The molecule has 0 aromatic heterocycles. The lowest BCUT2D eigenvalue weighted by atomic mass is 10.2. The Morgan fingerprint density at radius 2 is 1.84 bits per heavy atom. The second kappa shape index (κ2) is 8.74. The standard InChI is InChI=1S/C13H26N2O4/c1-6-8-18-9-7-14-11(16)10(2)15-12(17)19-13(3,4)5/h10H,6-9H2,1-5H3,(H,14,16)(H,15,17). The van der Waals surface area contributed by atoms with E-state index in [0.29, 0.717) is 19.8 Å². The Morgan fingerprint density at radius 3 is 2.37 bits per heavy atom. The van der Waals surface area contributed by atoms with E-state index < -0.39 is 17.7 Å².